The maximum Gasteiger partial charge on any atom is 0.130 e. The normalized spacial score (nSPS) is 33.6. The Bertz CT molecular complexity index is 122. The van der Waals surface area contributed by atoms with Crippen LogP contribution in [0.5, 0.6) is 0 Å². The Hall–Kier alpha value is -0.400. The molecule has 0 saturated heterocycles. The largest absolute Gasteiger partial charge is 0.300 e. The Labute approximate surface area is 54.3 Å². The lowest BCUT2D eigenvalue weighted by molar-refractivity contribution is -0.119. The highest BCUT2D eigenvalue weighted by molar-refractivity contribution is 5.75. The number of hydrogen-bond donors (Lipinski definition) is 0. The van der Waals surface area contributed by atoms with Gasteiger partial charge in [-0.25, -0.2) is 4.39 Å². The van der Waals surface area contributed by atoms with Crippen LogP contribution >= 0.6 is 0 Å². The summed E-state index contributed by atoms with van der Waals surface area (Å²) in [5.41, 5.74) is 0. The Balaban J connectivity index is 2.21. The lowest BCUT2D eigenvalue weighted by Crippen LogP contribution is -2.28. The molecule has 0 aromatic carbocycles. The van der Waals surface area contributed by atoms with E-state index in [1.165, 1.54) is 6.92 Å². The lowest BCUT2D eigenvalue weighted by Gasteiger charge is -2.29. The SMILES string of the molecule is CC(=O)C[C@H]1CC[C@H]1F. The summed E-state index contributed by atoms with van der Waals surface area (Å²) >= 11 is 0. The Kier molecular flexibility index (Phi) is 1.84. The Morgan fingerprint density at radius 2 is 2.33 bits per heavy atom. The van der Waals surface area contributed by atoms with E-state index >= 15 is 0 Å². The van der Waals surface area contributed by atoms with Crippen molar-refractivity contribution in [1.29, 1.82) is 0 Å². The fraction of sp³-hybridized carbons (Fsp3) is 0.857. The number of halogens is 1. The average molecular weight is 130 g/mol. The summed E-state index contributed by atoms with van der Waals surface area (Å²) in [6.07, 6.45) is 1.33. The van der Waals surface area contributed by atoms with Crippen LogP contribution in [0, 0.1) is 5.92 Å². The molecule has 0 unspecified atom stereocenters. The van der Waals surface area contributed by atoms with Crippen molar-refractivity contribution in [2.45, 2.75) is 32.4 Å². The van der Waals surface area contributed by atoms with Crippen molar-refractivity contribution in [3.8, 4) is 0 Å². The molecule has 0 spiro atoms. The fourth-order valence-corrected chi connectivity index (χ4v) is 1.13. The van der Waals surface area contributed by atoms with E-state index in [1.807, 2.05) is 0 Å². The molecule has 1 aliphatic carbocycles. The minimum Gasteiger partial charge on any atom is -0.300 e. The number of ketones is 1. The summed E-state index contributed by atoms with van der Waals surface area (Å²) in [5.74, 6) is 0.171. The maximum absolute atomic E-state index is 12.4. The van der Waals surface area contributed by atoms with Crippen LogP contribution < -0.4 is 0 Å². The molecule has 0 heterocycles. The molecule has 1 rings (SSSR count). The molecule has 1 aliphatic rings. The lowest BCUT2D eigenvalue weighted by atomic mass is 9.80. The molecule has 2 atom stereocenters. The van der Waals surface area contributed by atoms with Crippen LogP contribution in [-0.2, 0) is 4.79 Å². The van der Waals surface area contributed by atoms with Gasteiger partial charge in [0.25, 0.3) is 0 Å². The Morgan fingerprint density at radius 1 is 1.67 bits per heavy atom. The topological polar surface area (TPSA) is 17.1 Å². The van der Waals surface area contributed by atoms with E-state index in [-0.39, 0.29) is 11.7 Å². The molecule has 2 heteroatoms. The van der Waals surface area contributed by atoms with Gasteiger partial charge in [-0.15, -0.1) is 0 Å². The minimum absolute atomic E-state index is 0.0579. The predicted molar refractivity (Wildman–Crippen MR) is 32.9 cm³/mol. The molecule has 0 amide bonds. The quantitative estimate of drug-likeness (QED) is 0.556. The molecular formula is C7H11FO. The van der Waals surface area contributed by atoms with Gasteiger partial charge in [-0.05, 0) is 25.7 Å². The maximum atomic E-state index is 12.4. The van der Waals surface area contributed by atoms with E-state index in [2.05, 4.69) is 0 Å². The number of carbonyl (C=O) groups is 1. The third-order valence-electron chi connectivity index (χ3n) is 1.87. The molecule has 1 nitrogen and oxygen atoms in total. The minimum atomic E-state index is -0.686. The molecule has 0 bridgehead atoms. The standard InChI is InChI=1S/C7H11FO/c1-5(9)4-6-2-3-7(6)8/h6-7H,2-4H2,1H3/t6-,7-/m1/s1. The van der Waals surface area contributed by atoms with Gasteiger partial charge >= 0.3 is 0 Å². The summed E-state index contributed by atoms with van der Waals surface area (Å²) in [6.45, 7) is 1.52. The number of rotatable bonds is 2. The number of Topliss-reactive ketones (excluding diaryl/α,β-unsaturated/α-hetero) is 1. The second-order valence-corrected chi connectivity index (χ2v) is 2.76. The van der Waals surface area contributed by atoms with Gasteiger partial charge in [-0.1, -0.05) is 0 Å². The van der Waals surface area contributed by atoms with E-state index in [4.69, 9.17) is 0 Å². The predicted octanol–water partition coefficient (Wildman–Crippen LogP) is 1.71. The molecule has 0 aromatic heterocycles. The Morgan fingerprint density at radius 3 is 2.44 bits per heavy atom. The van der Waals surface area contributed by atoms with Crippen LogP contribution in [0.3, 0.4) is 0 Å². The summed E-state index contributed by atoms with van der Waals surface area (Å²) in [4.78, 5) is 10.4. The van der Waals surface area contributed by atoms with Crippen LogP contribution in [-0.4, -0.2) is 12.0 Å². The summed E-state index contributed by atoms with van der Waals surface area (Å²) < 4.78 is 12.4. The zero-order valence-electron chi connectivity index (χ0n) is 5.56. The van der Waals surface area contributed by atoms with Gasteiger partial charge in [-0.3, -0.25) is 0 Å². The van der Waals surface area contributed by atoms with Crippen molar-refractivity contribution in [2.24, 2.45) is 5.92 Å². The summed E-state index contributed by atoms with van der Waals surface area (Å²) in [6, 6.07) is 0. The monoisotopic (exact) mass is 130 g/mol. The van der Waals surface area contributed by atoms with Crippen molar-refractivity contribution in [3.63, 3.8) is 0 Å². The molecule has 1 saturated carbocycles. The number of carbonyl (C=O) groups excluding carboxylic acids is 1. The van der Waals surface area contributed by atoms with Crippen LogP contribution in [0.25, 0.3) is 0 Å². The van der Waals surface area contributed by atoms with Crippen molar-refractivity contribution < 1.29 is 9.18 Å². The first-order valence-electron chi connectivity index (χ1n) is 3.33. The van der Waals surface area contributed by atoms with Crippen molar-refractivity contribution in [1.82, 2.24) is 0 Å². The molecule has 0 N–H and O–H groups in total. The molecule has 0 aliphatic heterocycles. The van der Waals surface area contributed by atoms with Crippen LogP contribution in [0.15, 0.2) is 0 Å². The van der Waals surface area contributed by atoms with E-state index in [0.717, 1.165) is 6.42 Å². The van der Waals surface area contributed by atoms with E-state index in [9.17, 15) is 9.18 Å². The summed E-state index contributed by atoms with van der Waals surface area (Å²) in [7, 11) is 0. The van der Waals surface area contributed by atoms with Gasteiger partial charge in [-0.2, -0.15) is 0 Å². The van der Waals surface area contributed by atoms with Gasteiger partial charge in [0.15, 0.2) is 0 Å². The molecule has 0 aromatic rings. The van der Waals surface area contributed by atoms with Crippen LogP contribution in [0.4, 0.5) is 4.39 Å². The third kappa shape index (κ3) is 1.50. The fourth-order valence-electron chi connectivity index (χ4n) is 1.13. The smallest absolute Gasteiger partial charge is 0.130 e. The first kappa shape index (κ1) is 6.72. The highest BCUT2D eigenvalue weighted by Crippen LogP contribution is 2.32. The van der Waals surface area contributed by atoms with Gasteiger partial charge in [0.1, 0.15) is 12.0 Å². The van der Waals surface area contributed by atoms with Gasteiger partial charge in [0.05, 0.1) is 0 Å². The van der Waals surface area contributed by atoms with Crippen LogP contribution in [0.2, 0.25) is 0 Å². The first-order chi connectivity index (χ1) is 4.20. The molecule has 52 valence electrons. The molecule has 0 radical (unpaired) electrons. The zero-order valence-corrected chi connectivity index (χ0v) is 5.56. The van der Waals surface area contributed by atoms with Crippen molar-refractivity contribution >= 4 is 5.78 Å². The molecular weight excluding hydrogens is 119 g/mol. The zero-order chi connectivity index (χ0) is 6.85. The van der Waals surface area contributed by atoms with Crippen LogP contribution in [0.1, 0.15) is 26.2 Å². The highest BCUT2D eigenvalue weighted by atomic mass is 19.1. The van der Waals surface area contributed by atoms with Crippen molar-refractivity contribution in [3.05, 3.63) is 0 Å². The molecule has 1 fully saturated rings. The summed E-state index contributed by atoms with van der Waals surface area (Å²) in [5, 5.41) is 0. The van der Waals surface area contributed by atoms with Crippen molar-refractivity contribution in [2.75, 3.05) is 0 Å². The molecule has 9 heavy (non-hydrogen) atoms. The van der Waals surface area contributed by atoms with Gasteiger partial charge < -0.3 is 4.79 Å². The van der Waals surface area contributed by atoms with E-state index in [0.29, 0.717) is 12.8 Å². The van der Waals surface area contributed by atoms with Gasteiger partial charge in [0.2, 0.25) is 0 Å². The second kappa shape index (κ2) is 2.46. The van der Waals surface area contributed by atoms with Gasteiger partial charge in [0, 0.05) is 6.42 Å². The number of hydrogen-bond acceptors (Lipinski definition) is 1. The van der Waals surface area contributed by atoms with E-state index in [1.54, 1.807) is 0 Å². The third-order valence-corrected chi connectivity index (χ3v) is 1.87. The first-order valence-corrected chi connectivity index (χ1v) is 3.33. The average Bonchev–Trinajstić information content (AvgIpc) is 1.79. The van der Waals surface area contributed by atoms with E-state index < -0.39 is 6.17 Å². The number of alkyl halides is 1. The second-order valence-electron chi connectivity index (χ2n) is 2.76. The highest BCUT2D eigenvalue weighted by Gasteiger charge is 2.31.